The van der Waals surface area contributed by atoms with Gasteiger partial charge in [-0.25, -0.2) is 0 Å². The number of carbonyl (C=O) groups is 1. The van der Waals surface area contributed by atoms with E-state index in [1.165, 1.54) is 51.4 Å². The Kier molecular flexibility index (Phi) is 5.74. The van der Waals surface area contributed by atoms with Crippen LogP contribution in [-0.4, -0.2) is 37.0 Å². The molecular weight excluding hydrogens is 272 g/mol. The van der Waals surface area contributed by atoms with Crippen molar-refractivity contribution >= 4 is 18.3 Å². The third-order valence-corrected chi connectivity index (χ3v) is 5.51. The molecule has 0 aromatic carbocycles. The van der Waals surface area contributed by atoms with Crippen molar-refractivity contribution in [2.45, 2.75) is 57.4 Å². The molecule has 0 spiro atoms. The van der Waals surface area contributed by atoms with Gasteiger partial charge >= 0.3 is 0 Å². The highest BCUT2D eigenvalue weighted by atomic mass is 35.5. The van der Waals surface area contributed by atoms with Crippen LogP contribution in [0.4, 0.5) is 0 Å². The summed E-state index contributed by atoms with van der Waals surface area (Å²) in [6, 6.07) is 0.463. The molecule has 1 N–H and O–H groups in total. The smallest absolute Gasteiger partial charge is 0.226 e. The van der Waals surface area contributed by atoms with Gasteiger partial charge in [0.2, 0.25) is 5.91 Å². The Bertz CT molecular complexity index is 330. The van der Waals surface area contributed by atoms with E-state index in [-0.39, 0.29) is 12.4 Å². The number of likely N-dealkylation sites (N-methyl/N-ethyl adjacent to an activating group) is 1. The summed E-state index contributed by atoms with van der Waals surface area (Å²) in [4.78, 5) is 14.8. The summed E-state index contributed by atoms with van der Waals surface area (Å²) >= 11 is 0. The molecule has 2 saturated carbocycles. The van der Waals surface area contributed by atoms with Crippen molar-refractivity contribution in [3.63, 3.8) is 0 Å². The van der Waals surface area contributed by atoms with Crippen molar-refractivity contribution in [3.8, 4) is 0 Å². The highest BCUT2D eigenvalue weighted by Gasteiger charge is 2.49. The van der Waals surface area contributed by atoms with Gasteiger partial charge in [0, 0.05) is 25.0 Å². The van der Waals surface area contributed by atoms with E-state index in [0.29, 0.717) is 17.9 Å². The van der Waals surface area contributed by atoms with E-state index in [1.54, 1.807) is 0 Å². The van der Waals surface area contributed by atoms with Gasteiger partial charge in [0.1, 0.15) is 0 Å². The Hall–Kier alpha value is -0.280. The monoisotopic (exact) mass is 300 g/mol. The molecule has 0 aromatic rings. The SMILES string of the molecule is CNCC1CCCN1C(=O)C1CC1C1CCCCC1.Cl. The van der Waals surface area contributed by atoms with Crippen LogP contribution in [0.15, 0.2) is 0 Å². The molecule has 3 rings (SSSR count). The summed E-state index contributed by atoms with van der Waals surface area (Å²) < 4.78 is 0. The van der Waals surface area contributed by atoms with Gasteiger partial charge in [0.15, 0.2) is 0 Å². The second-order valence-corrected chi connectivity index (χ2v) is 6.79. The molecule has 20 heavy (non-hydrogen) atoms. The van der Waals surface area contributed by atoms with Crippen LogP contribution in [0.2, 0.25) is 0 Å². The number of hydrogen-bond acceptors (Lipinski definition) is 2. The van der Waals surface area contributed by atoms with E-state index in [1.807, 2.05) is 7.05 Å². The molecule has 2 aliphatic carbocycles. The lowest BCUT2D eigenvalue weighted by Gasteiger charge is -2.26. The van der Waals surface area contributed by atoms with Crippen LogP contribution in [0, 0.1) is 17.8 Å². The lowest BCUT2D eigenvalue weighted by atomic mass is 9.85. The lowest BCUT2D eigenvalue weighted by Crippen LogP contribution is -2.42. The van der Waals surface area contributed by atoms with Gasteiger partial charge in [0.25, 0.3) is 0 Å². The molecule has 0 radical (unpaired) electrons. The summed E-state index contributed by atoms with van der Waals surface area (Å²) in [7, 11) is 1.99. The van der Waals surface area contributed by atoms with E-state index in [9.17, 15) is 4.79 Å². The van der Waals surface area contributed by atoms with Crippen molar-refractivity contribution in [1.29, 1.82) is 0 Å². The van der Waals surface area contributed by atoms with Crippen LogP contribution >= 0.6 is 12.4 Å². The summed E-state index contributed by atoms with van der Waals surface area (Å²) in [5.74, 6) is 2.48. The molecule has 1 aliphatic heterocycles. The zero-order valence-electron chi connectivity index (χ0n) is 12.6. The molecule has 3 aliphatic rings. The molecular formula is C16H29ClN2O. The average molecular weight is 301 g/mol. The van der Waals surface area contributed by atoms with E-state index < -0.39 is 0 Å². The molecule has 1 amide bonds. The topological polar surface area (TPSA) is 32.3 Å². The Morgan fingerprint density at radius 1 is 1.15 bits per heavy atom. The predicted octanol–water partition coefficient (Wildman–Crippen LogP) is 2.84. The highest BCUT2D eigenvalue weighted by molar-refractivity contribution is 5.85. The number of carbonyl (C=O) groups excluding carboxylic acids is 1. The summed E-state index contributed by atoms with van der Waals surface area (Å²) in [6.07, 6.45) is 10.5. The zero-order valence-corrected chi connectivity index (χ0v) is 13.5. The average Bonchev–Trinajstić information content (AvgIpc) is 3.12. The Morgan fingerprint density at radius 3 is 2.60 bits per heavy atom. The Morgan fingerprint density at radius 2 is 1.90 bits per heavy atom. The number of hydrogen-bond donors (Lipinski definition) is 1. The normalized spacial score (nSPS) is 33.9. The molecule has 1 saturated heterocycles. The maximum Gasteiger partial charge on any atom is 0.226 e. The highest BCUT2D eigenvalue weighted by Crippen LogP contribution is 2.50. The van der Waals surface area contributed by atoms with Crippen LogP contribution in [0.1, 0.15) is 51.4 Å². The van der Waals surface area contributed by atoms with Crippen LogP contribution < -0.4 is 5.32 Å². The van der Waals surface area contributed by atoms with Crippen molar-refractivity contribution in [2.24, 2.45) is 17.8 Å². The van der Waals surface area contributed by atoms with E-state index in [4.69, 9.17) is 0 Å². The second-order valence-electron chi connectivity index (χ2n) is 6.79. The van der Waals surface area contributed by atoms with Gasteiger partial charge in [-0.2, -0.15) is 0 Å². The number of halogens is 1. The van der Waals surface area contributed by atoms with Crippen molar-refractivity contribution in [2.75, 3.05) is 20.1 Å². The van der Waals surface area contributed by atoms with Crippen molar-refractivity contribution in [1.82, 2.24) is 10.2 Å². The van der Waals surface area contributed by atoms with Gasteiger partial charge in [-0.3, -0.25) is 4.79 Å². The molecule has 3 atom stereocenters. The number of rotatable bonds is 4. The first-order chi connectivity index (χ1) is 9.31. The number of amides is 1. The molecule has 1 heterocycles. The zero-order chi connectivity index (χ0) is 13.2. The lowest BCUT2D eigenvalue weighted by molar-refractivity contribution is -0.133. The summed E-state index contributed by atoms with van der Waals surface area (Å²) in [5, 5.41) is 3.23. The minimum atomic E-state index is 0. The van der Waals surface area contributed by atoms with E-state index in [2.05, 4.69) is 10.2 Å². The largest absolute Gasteiger partial charge is 0.338 e. The number of nitrogens with zero attached hydrogens (tertiary/aromatic N) is 1. The molecule has 4 heteroatoms. The van der Waals surface area contributed by atoms with E-state index in [0.717, 1.165) is 24.9 Å². The second kappa shape index (κ2) is 7.13. The Labute approximate surface area is 129 Å². The van der Waals surface area contributed by atoms with Crippen LogP contribution in [0.25, 0.3) is 0 Å². The third kappa shape index (κ3) is 3.30. The fourth-order valence-electron chi connectivity index (χ4n) is 4.37. The van der Waals surface area contributed by atoms with Crippen LogP contribution in [0.3, 0.4) is 0 Å². The number of likely N-dealkylation sites (tertiary alicyclic amines) is 1. The first-order valence-electron chi connectivity index (χ1n) is 8.26. The molecule has 3 unspecified atom stereocenters. The van der Waals surface area contributed by atoms with Crippen molar-refractivity contribution < 1.29 is 4.79 Å². The molecule has 0 aromatic heterocycles. The molecule has 3 nitrogen and oxygen atoms in total. The minimum absolute atomic E-state index is 0. The molecule has 3 fully saturated rings. The van der Waals surface area contributed by atoms with Crippen LogP contribution in [-0.2, 0) is 4.79 Å². The summed E-state index contributed by atoms with van der Waals surface area (Å²) in [5.41, 5.74) is 0. The molecule has 116 valence electrons. The van der Waals surface area contributed by atoms with E-state index >= 15 is 0 Å². The fourth-order valence-corrected chi connectivity index (χ4v) is 4.37. The first-order valence-corrected chi connectivity index (χ1v) is 8.26. The van der Waals surface area contributed by atoms with Gasteiger partial charge in [-0.1, -0.05) is 32.1 Å². The molecule has 0 bridgehead atoms. The van der Waals surface area contributed by atoms with Crippen molar-refractivity contribution in [3.05, 3.63) is 0 Å². The third-order valence-electron chi connectivity index (χ3n) is 5.51. The minimum Gasteiger partial charge on any atom is -0.338 e. The fraction of sp³-hybridized carbons (Fsp3) is 0.938. The van der Waals surface area contributed by atoms with Gasteiger partial charge < -0.3 is 10.2 Å². The summed E-state index contributed by atoms with van der Waals surface area (Å²) in [6.45, 7) is 1.96. The number of nitrogens with one attached hydrogen (secondary N) is 1. The van der Waals surface area contributed by atoms with Gasteiger partial charge in [-0.05, 0) is 38.1 Å². The Balaban J connectivity index is 0.00000147. The predicted molar refractivity (Wildman–Crippen MR) is 84.1 cm³/mol. The van der Waals surface area contributed by atoms with Crippen LogP contribution in [0.5, 0.6) is 0 Å². The standard InChI is InChI=1S/C16H28N2O.ClH/c1-17-11-13-8-5-9-18(13)16(19)15-10-14(15)12-6-3-2-4-7-12;/h12-15,17H,2-11H2,1H3;1H. The maximum atomic E-state index is 12.6. The first kappa shape index (κ1) is 16.1. The maximum absolute atomic E-state index is 12.6. The van der Waals surface area contributed by atoms with Gasteiger partial charge in [-0.15, -0.1) is 12.4 Å². The quantitative estimate of drug-likeness (QED) is 0.866. The van der Waals surface area contributed by atoms with Gasteiger partial charge in [0.05, 0.1) is 0 Å².